The van der Waals surface area contributed by atoms with Gasteiger partial charge in [-0.2, -0.15) is 0 Å². The van der Waals surface area contributed by atoms with Gasteiger partial charge >= 0.3 is 0 Å². The number of Topliss-reactive ketones (excluding diaryl/α,β-unsaturated/α-hetero) is 1. The van der Waals surface area contributed by atoms with Crippen LogP contribution in [0.25, 0.3) is 0 Å². The van der Waals surface area contributed by atoms with Gasteiger partial charge in [0.15, 0.2) is 5.78 Å². The zero-order chi connectivity index (χ0) is 7.72. The van der Waals surface area contributed by atoms with Gasteiger partial charge in [-0.25, -0.2) is 0 Å². The molecule has 0 radical (unpaired) electrons. The lowest BCUT2D eigenvalue weighted by molar-refractivity contribution is 0.101. The number of carbonyl (C=O) groups excluding carboxylic acids is 1. The smallest absolute Gasteiger partial charge is 0.163 e. The zero-order valence-electron chi connectivity index (χ0n) is 6.39. The minimum Gasteiger partial charge on any atom is -0.469 e. The average Bonchev–Trinajstić information content (AvgIpc) is 2.14. The van der Waals surface area contributed by atoms with Gasteiger partial charge in [0, 0.05) is 5.56 Å². The van der Waals surface area contributed by atoms with Gasteiger partial charge in [0.2, 0.25) is 0 Å². The third kappa shape index (κ3) is 0.967. The fourth-order valence-electron chi connectivity index (χ4n) is 0.861. The van der Waals surface area contributed by atoms with Crippen molar-refractivity contribution < 1.29 is 9.21 Å². The third-order valence-electron chi connectivity index (χ3n) is 1.66. The summed E-state index contributed by atoms with van der Waals surface area (Å²) in [5.74, 6) is 0.888. The van der Waals surface area contributed by atoms with E-state index in [4.69, 9.17) is 4.42 Å². The summed E-state index contributed by atoms with van der Waals surface area (Å²) < 4.78 is 5.04. The fourth-order valence-corrected chi connectivity index (χ4v) is 0.861. The molecule has 0 aromatic carbocycles. The molecule has 1 heterocycles. The molecule has 0 aliphatic carbocycles. The summed E-state index contributed by atoms with van der Waals surface area (Å²) >= 11 is 0. The zero-order valence-corrected chi connectivity index (χ0v) is 6.39. The molecular formula is C8H10O2. The second-order valence-corrected chi connectivity index (χ2v) is 2.39. The van der Waals surface area contributed by atoms with Crippen LogP contribution >= 0.6 is 0 Å². The van der Waals surface area contributed by atoms with Gasteiger partial charge in [0.05, 0.1) is 5.56 Å². The normalized spacial score (nSPS) is 9.90. The van der Waals surface area contributed by atoms with Gasteiger partial charge in [-0.3, -0.25) is 4.79 Å². The summed E-state index contributed by atoms with van der Waals surface area (Å²) in [7, 11) is 0. The SMILES string of the molecule is CC(=O)c1coc(C)c1C. The van der Waals surface area contributed by atoms with E-state index in [0.29, 0.717) is 5.56 Å². The maximum Gasteiger partial charge on any atom is 0.163 e. The Kier molecular flexibility index (Phi) is 1.62. The first-order chi connectivity index (χ1) is 4.63. The van der Waals surface area contributed by atoms with Crippen molar-refractivity contribution in [2.45, 2.75) is 20.8 Å². The average molecular weight is 138 g/mol. The quantitative estimate of drug-likeness (QED) is 0.556. The Balaban J connectivity index is 3.17. The summed E-state index contributed by atoms with van der Waals surface area (Å²) in [4.78, 5) is 10.8. The molecule has 0 atom stereocenters. The van der Waals surface area contributed by atoms with Gasteiger partial charge in [-0.1, -0.05) is 0 Å². The van der Waals surface area contributed by atoms with Gasteiger partial charge in [-0.15, -0.1) is 0 Å². The lowest BCUT2D eigenvalue weighted by Gasteiger charge is -1.88. The topological polar surface area (TPSA) is 30.2 Å². The maximum absolute atomic E-state index is 10.8. The Morgan fingerprint density at radius 1 is 1.50 bits per heavy atom. The highest BCUT2D eigenvalue weighted by Gasteiger charge is 2.08. The summed E-state index contributed by atoms with van der Waals surface area (Å²) in [6.45, 7) is 5.27. The largest absolute Gasteiger partial charge is 0.469 e. The van der Waals surface area contributed by atoms with Crippen LogP contribution in [0.15, 0.2) is 10.7 Å². The highest BCUT2D eigenvalue weighted by Crippen LogP contribution is 2.14. The van der Waals surface area contributed by atoms with Gasteiger partial charge in [0.1, 0.15) is 12.0 Å². The molecule has 0 unspecified atom stereocenters. The van der Waals surface area contributed by atoms with E-state index in [1.165, 1.54) is 13.2 Å². The van der Waals surface area contributed by atoms with Crippen LogP contribution in [0.2, 0.25) is 0 Å². The van der Waals surface area contributed by atoms with E-state index in [2.05, 4.69) is 0 Å². The molecule has 0 aliphatic heterocycles. The lowest BCUT2D eigenvalue weighted by atomic mass is 10.1. The molecule has 1 aromatic rings. The Hall–Kier alpha value is -1.05. The van der Waals surface area contributed by atoms with Crippen molar-refractivity contribution in [1.29, 1.82) is 0 Å². The Labute approximate surface area is 59.8 Å². The van der Waals surface area contributed by atoms with Crippen LogP contribution in [0.1, 0.15) is 28.6 Å². The monoisotopic (exact) mass is 138 g/mol. The second-order valence-electron chi connectivity index (χ2n) is 2.39. The van der Waals surface area contributed by atoms with Crippen molar-refractivity contribution in [1.82, 2.24) is 0 Å². The van der Waals surface area contributed by atoms with Crippen LogP contribution in [-0.4, -0.2) is 5.78 Å². The van der Waals surface area contributed by atoms with E-state index in [9.17, 15) is 4.79 Å². The first-order valence-corrected chi connectivity index (χ1v) is 3.18. The van der Waals surface area contributed by atoms with Crippen molar-refractivity contribution >= 4 is 5.78 Å². The van der Waals surface area contributed by atoms with E-state index in [1.807, 2.05) is 13.8 Å². The highest BCUT2D eigenvalue weighted by molar-refractivity contribution is 5.95. The molecular weight excluding hydrogens is 128 g/mol. The van der Waals surface area contributed by atoms with E-state index in [0.717, 1.165) is 11.3 Å². The molecule has 0 N–H and O–H groups in total. The van der Waals surface area contributed by atoms with Crippen LogP contribution in [0.5, 0.6) is 0 Å². The number of carbonyl (C=O) groups is 1. The second kappa shape index (κ2) is 2.29. The Morgan fingerprint density at radius 2 is 2.10 bits per heavy atom. The number of hydrogen-bond donors (Lipinski definition) is 0. The van der Waals surface area contributed by atoms with E-state index in [1.54, 1.807) is 0 Å². The van der Waals surface area contributed by atoms with E-state index in [-0.39, 0.29) is 5.78 Å². The summed E-state index contributed by atoms with van der Waals surface area (Å²) in [6.07, 6.45) is 1.51. The van der Waals surface area contributed by atoms with Gasteiger partial charge in [-0.05, 0) is 20.8 Å². The number of ketones is 1. The molecule has 2 nitrogen and oxygen atoms in total. The fraction of sp³-hybridized carbons (Fsp3) is 0.375. The predicted octanol–water partition coefficient (Wildman–Crippen LogP) is 2.10. The van der Waals surface area contributed by atoms with Crippen LogP contribution < -0.4 is 0 Å². The molecule has 0 aliphatic rings. The van der Waals surface area contributed by atoms with Crippen molar-refractivity contribution in [3.8, 4) is 0 Å². The van der Waals surface area contributed by atoms with Crippen molar-refractivity contribution in [3.63, 3.8) is 0 Å². The minimum absolute atomic E-state index is 0.0642. The first-order valence-electron chi connectivity index (χ1n) is 3.18. The van der Waals surface area contributed by atoms with Crippen LogP contribution in [0, 0.1) is 13.8 Å². The standard InChI is InChI=1S/C8H10O2/c1-5-7(3)10-4-8(5)6(2)9/h4H,1-3H3. The van der Waals surface area contributed by atoms with Crippen LogP contribution in [0.3, 0.4) is 0 Å². The molecule has 54 valence electrons. The molecule has 1 rings (SSSR count). The molecule has 0 amide bonds. The molecule has 10 heavy (non-hydrogen) atoms. The lowest BCUT2D eigenvalue weighted by Crippen LogP contribution is -1.91. The number of furan rings is 1. The summed E-state index contributed by atoms with van der Waals surface area (Å²) in [5.41, 5.74) is 1.64. The van der Waals surface area contributed by atoms with Crippen LogP contribution in [-0.2, 0) is 0 Å². The van der Waals surface area contributed by atoms with Crippen molar-refractivity contribution in [2.75, 3.05) is 0 Å². The molecule has 0 bridgehead atoms. The van der Waals surface area contributed by atoms with E-state index < -0.39 is 0 Å². The predicted molar refractivity (Wildman–Crippen MR) is 38.2 cm³/mol. The molecule has 1 aromatic heterocycles. The first kappa shape index (κ1) is 7.06. The van der Waals surface area contributed by atoms with Gasteiger partial charge < -0.3 is 4.42 Å². The maximum atomic E-state index is 10.8. The van der Waals surface area contributed by atoms with E-state index >= 15 is 0 Å². The molecule has 0 saturated carbocycles. The Bertz CT molecular complexity index is 258. The number of aryl methyl sites for hydroxylation is 1. The number of rotatable bonds is 1. The summed E-state index contributed by atoms with van der Waals surface area (Å²) in [6, 6.07) is 0. The minimum atomic E-state index is 0.0642. The van der Waals surface area contributed by atoms with Crippen molar-refractivity contribution in [3.05, 3.63) is 23.2 Å². The molecule has 0 saturated heterocycles. The molecule has 2 heteroatoms. The van der Waals surface area contributed by atoms with Crippen LogP contribution in [0.4, 0.5) is 0 Å². The number of hydrogen-bond acceptors (Lipinski definition) is 2. The summed E-state index contributed by atoms with van der Waals surface area (Å²) in [5, 5.41) is 0. The van der Waals surface area contributed by atoms with Crippen molar-refractivity contribution in [2.24, 2.45) is 0 Å². The Morgan fingerprint density at radius 3 is 2.30 bits per heavy atom. The molecule has 0 fully saturated rings. The highest BCUT2D eigenvalue weighted by atomic mass is 16.3. The third-order valence-corrected chi connectivity index (χ3v) is 1.66. The molecule has 0 spiro atoms. The van der Waals surface area contributed by atoms with Gasteiger partial charge in [0.25, 0.3) is 0 Å².